The Hall–Kier alpha value is -3.15. The molecule has 22 heavy (non-hydrogen) atoms. The summed E-state index contributed by atoms with van der Waals surface area (Å²) in [5.74, 6) is 0.373. The average Bonchev–Trinajstić information content (AvgIpc) is 2.98. The minimum atomic E-state index is -0.259. The van der Waals surface area contributed by atoms with Crippen LogP contribution in [-0.2, 0) is 0 Å². The van der Waals surface area contributed by atoms with Gasteiger partial charge in [0.2, 0.25) is 5.78 Å². The van der Waals surface area contributed by atoms with E-state index in [1.807, 2.05) is 0 Å². The maximum absolute atomic E-state index is 12.1. The van der Waals surface area contributed by atoms with Crippen LogP contribution in [-0.4, -0.2) is 33.0 Å². The number of fused-ring (bicyclic) bond motifs is 1. The molecule has 6 heteroatoms. The predicted molar refractivity (Wildman–Crippen MR) is 81.9 cm³/mol. The van der Waals surface area contributed by atoms with Gasteiger partial charge in [-0.05, 0) is 35.9 Å². The van der Waals surface area contributed by atoms with E-state index in [0.29, 0.717) is 16.9 Å². The van der Waals surface area contributed by atoms with Crippen LogP contribution in [0.4, 0.5) is 0 Å². The van der Waals surface area contributed by atoms with Crippen LogP contribution in [0.2, 0.25) is 0 Å². The van der Waals surface area contributed by atoms with Gasteiger partial charge in [0.1, 0.15) is 0 Å². The molecular formula is C16H13N3O3. The molecule has 0 saturated carbocycles. The van der Waals surface area contributed by atoms with Crippen molar-refractivity contribution in [3.05, 3.63) is 54.0 Å². The van der Waals surface area contributed by atoms with Crippen LogP contribution < -0.4 is 4.74 Å². The lowest BCUT2D eigenvalue weighted by atomic mass is 10.1. The van der Waals surface area contributed by atoms with Crippen molar-refractivity contribution < 1.29 is 14.6 Å². The normalized spacial score (nSPS) is 11.1. The number of ketones is 1. The van der Waals surface area contributed by atoms with E-state index in [1.54, 1.807) is 36.5 Å². The number of allylic oxidation sites excluding steroid dienone is 1. The molecule has 0 spiro atoms. The van der Waals surface area contributed by atoms with Crippen molar-refractivity contribution in [1.82, 2.24) is 15.0 Å². The number of pyridine rings is 1. The molecule has 0 unspecified atom stereocenters. The van der Waals surface area contributed by atoms with Gasteiger partial charge in [-0.15, -0.1) is 0 Å². The molecule has 110 valence electrons. The molecule has 0 amide bonds. The van der Waals surface area contributed by atoms with Gasteiger partial charge in [-0.1, -0.05) is 12.1 Å². The lowest BCUT2D eigenvalue weighted by molar-refractivity contribution is 0.103. The maximum atomic E-state index is 12.1. The number of methoxy groups -OCH3 is 1. The summed E-state index contributed by atoms with van der Waals surface area (Å²) < 4.78 is 5.02. The smallest absolute Gasteiger partial charge is 0.221 e. The molecule has 3 aromatic rings. The monoisotopic (exact) mass is 295 g/mol. The third kappa shape index (κ3) is 2.67. The predicted octanol–water partition coefficient (Wildman–Crippen LogP) is 2.57. The molecule has 6 nitrogen and oxygen atoms in total. The number of aromatic nitrogens is 3. The van der Waals surface area contributed by atoms with Gasteiger partial charge in [-0.25, -0.2) is 9.97 Å². The molecule has 3 rings (SSSR count). The van der Waals surface area contributed by atoms with E-state index in [1.165, 1.54) is 19.3 Å². The number of aromatic amines is 1. The van der Waals surface area contributed by atoms with Crippen molar-refractivity contribution in [1.29, 1.82) is 0 Å². The van der Waals surface area contributed by atoms with E-state index in [4.69, 9.17) is 4.74 Å². The van der Waals surface area contributed by atoms with Gasteiger partial charge in [-0.3, -0.25) is 4.79 Å². The molecule has 0 bridgehead atoms. The SMILES string of the molecule is COc1cc(/C=C/C(=O)c2nc3ncccc3[nH]2)ccc1O. The third-order valence-electron chi connectivity index (χ3n) is 3.12. The molecule has 0 radical (unpaired) electrons. The number of carbonyl (C=O) groups excluding carboxylic acids is 1. The number of benzene rings is 1. The number of aromatic hydroxyl groups is 1. The quantitative estimate of drug-likeness (QED) is 0.570. The second kappa shape index (κ2) is 5.69. The summed E-state index contributed by atoms with van der Waals surface area (Å²) in [7, 11) is 1.47. The molecule has 0 saturated heterocycles. The van der Waals surface area contributed by atoms with Crippen LogP contribution in [0.15, 0.2) is 42.6 Å². The average molecular weight is 295 g/mol. The van der Waals surface area contributed by atoms with E-state index in [2.05, 4.69) is 15.0 Å². The van der Waals surface area contributed by atoms with Gasteiger partial charge in [0.25, 0.3) is 0 Å². The van der Waals surface area contributed by atoms with Gasteiger partial charge < -0.3 is 14.8 Å². The van der Waals surface area contributed by atoms with Crippen molar-refractivity contribution in [2.24, 2.45) is 0 Å². The van der Waals surface area contributed by atoms with Gasteiger partial charge in [0.15, 0.2) is 23.0 Å². The molecule has 2 heterocycles. The molecule has 0 fully saturated rings. The van der Waals surface area contributed by atoms with Gasteiger partial charge in [0.05, 0.1) is 12.6 Å². The van der Waals surface area contributed by atoms with Crippen LogP contribution in [0, 0.1) is 0 Å². The number of hydrogen-bond acceptors (Lipinski definition) is 5. The van der Waals surface area contributed by atoms with E-state index in [-0.39, 0.29) is 17.4 Å². The molecule has 0 aliphatic rings. The molecule has 2 aromatic heterocycles. The fourth-order valence-electron chi connectivity index (χ4n) is 2.01. The number of phenolic OH excluding ortho intramolecular Hbond substituents is 1. The summed E-state index contributed by atoms with van der Waals surface area (Å²) in [5.41, 5.74) is 1.95. The summed E-state index contributed by atoms with van der Waals surface area (Å²) >= 11 is 0. The summed E-state index contributed by atoms with van der Waals surface area (Å²) in [6.07, 6.45) is 4.66. The maximum Gasteiger partial charge on any atom is 0.221 e. The number of ether oxygens (including phenoxy) is 1. The Morgan fingerprint density at radius 2 is 2.23 bits per heavy atom. The number of imidazole rings is 1. The van der Waals surface area contributed by atoms with E-state index >= 15 is 0 Å². The second-order valence-electron chi connectivity index (χ2n) is 4.59. The van der Waals surface area contributed by atoms with Gasteiger partial charge in [0, 0.05) is 6.20 Å². The Morgan fingerprint density at radius 3 is 3.00 bits per heavy atom. The summed E-state index contributed by atoms with van der Waals surface area (Å²) in [6.45, 7) is 0. The number of nitrogens with zero attached hydrogens (tertiary/aromatic N) is 2. The van der Waals surface area contributed by atoms with Crippen LogP contribution in [0.1, 0.15) is 16.2 Å². The number of rotatable bonds is 4. The molecule has 1 aromatic carbocycles. The van der Waals surface area contributed by atoms with Crippen LogP contribution in [0.25, 0.3) is 17.2 Å². The zero-order valence-corrected chi connectivity index (χ0v) is 11.8. The van der Waals surface area contributed by atoms with Crippen molar-refractivity contribution >= 4 is 23.0 Å². The van der Waals surface area contributed by atoms with Gasteiger partial charge >= 0.3 is 0 Å². The Kier molecular flexibility index (Phi) is 3.57. The van der Waals surface area contributed by atoms with Crippen LogP contribution >= 0.6 is 0 Å². The molecule has 0 atom stereocenters. The topological polar surface area (TPSA) is 88.1 Å². The zero-order chi connectivity index (χ0) is 15.5. The van der Waals surface area contributed by atoms with Crippen molar-refractivity contribution in [3.63, 3.8) is 0 Å². The van der Waals surface area contributed by atoms with E-state index in [9.17, 15) is 9.90 Å². The summed E-state index contributed by atoms with van der Waals surface area (Å²) in [6, 6.07) is 8.41. The first kappa shape index (κ1) is 13.8. The molecule has 0 aliphatic carbocycles. The van der Waals surface area contributed by atoms with Crippen LogP contribution in [0.5, 0.6) is 11.5 Å². The lowest BCUT2D eigenvalue weighted by Gasteiger charge is -2.03. The number of carbonyl (C=O) groups is 1. The molecular weight excluding hydrogens is 282 g/mol. The lowest BCUT2D eigenvalue weighted by Crippen LogP contribution is -1.96. The third-order valence-corrected chi connectivity index (χ3v) is 3.12. The standard InChI is InChI=1S/C16H13N3O3/c1-22-14-9-10(4-6-12(14)20)5-7-13(21)16-18-11-3-2-8-17-15(11)19-16/h2-9,20H,1H3,(H,17,18,19)/b7-5+. The Morgan fingerprint density at radius 1 is 1.36 bits per heavy atom. The fourth-order valence-corrected chi connectivity index (χ4v) is 2.01. The highest BCUT2D eigenvalue weighted by Crippen LogP contribution is 2.26. The molecule has 0 aliphatic heterocycles. The summed E-state index contributed by atoms with van der Waals surface area (Å²) in [4.78, 5) is 23.3. The van der Waals surface area contributed by atoms with Crippen molar-refractivity contribution in [2.75, 3.05) is 7.11 Å². The fraction of sp³-hybridized carbons (Fsp3) is 0.0625. The Labute approximate surface area is 126 Å². The number of phenols is 1. The highest BCUT2D eigenvalue weighted by Gasteiger charge is 2.09. The van der Waals surface area contributed by atoms with Crippen LogP contribution in [0.3, 0.4) is 0 Å². The first-order valence-electron chi connectivity index (χ1n) is 6.57. The largest absolute Gasteiger partial charge is 0.504 e. The zero-order valence-electron chi connectivity index (χ0n) is 11.8. The highest BCUT2D eigenvalue weighted by atomic mass is 16.5. The van der Waals surface area contributed by atoms with Crippen molar-refractivity contribution in [2.45, 2.75) is 0 Å². The Bertz CT molecular complexity index is 835. The minimum absolute atomic E-state index is 0.0503. The van der Waals surface area contributed by atoms with E-state index in [0.717, 1.165) is 5.56 Å². The van der Waals surface area contributed by atoms with Crippen molar-refractivity contribution in [3.8, 4) is 11.5 Å². The number of H-pyrrole nitrogens is 1. The first-order chi connectivity index (χ1) is 10.7. The van der Waals surface area contributed by atoms with E-state index < -0.39 is 0 Å². The highest BCUT2D eigenvalue weighted by molar-refractivity contribution is 6.05. The Balaban J connectivity index is 1.84. The second-order valence-corrected chi connectivity index (χ2v) is 4.59. The minimum Gasteiger partial charge on any atom is -0.504 e. The first-order valence-corrected chi connectivity index (χ1v) is 6.57. The molecule has 2 N–H and O–H groups in total. The number of hydrogen-bond donors (Lipinski definition) is 2. The van der Waals surface area contributed by atoms with Gasteiger partial charge in [-0.2, -0.15) is 0 Å². The number of nitrogens with one attached hydrogen (secondary N) is 1. The summed E-state index contributed by atoms with van der Waals surface area (Å²) in [5, 5.41) is 9.53.